The summed E-state index contributed by atoms with van der Waals surface area (Å²) in [5.74, 6) is -0.144. The number of amides is 2. The summed E-state index contributed by atoms with van der Waals surface area (Å²) in [6, 6.07) is 8.49. The molecule has 9 nitrogen and oxygen atoms in total. The zero-order valence-electron chi connectivity index (χ0n) is 14.8. The second kappa shape index (κ2) is 6.70. The molecule has 0 N–H and O–H groups in total. The van der Waals surface area contributed by atoms with Crippen molar-refractivity contribution in [2.24, 2.45) is 0 Å². The summed E-state index contributed by atoms with van der Waals surface area (Å²) in [6.45, 7) is 2.73. The van der Waals surface area contributed by atoms with E-state index in [4.69, 9.17) is 14.4 Å². The fourth-order valence-electron chi connectivity index (χ4n) is 2.76. The number of methoxy groups -OCH3 is 1. The highest BCUT2D eigenvalue weighted by molar-refractivity contribution is 5.91. The van der Waals surface area contributed by atoms with Gasteiger partial charge in [0.05, 0.1) is 19.9 Å². The van der Waals surface area contributed by atoms with Gasteiger partial charge in [0.2, 0.25) is 17.7 Å². The van der Waals surface area contributed by atoms with E-state index in [0.29, 0.717) is 17.1 Å². The van der Waals surface area contributed by atoms with Crippen molar-refractivity contribution in [2.75, 3.05) is 19.3 Å². The van der Waals surface area contributed by atoms with Gasteiger partial charge in [-0.3, -0.25) is 14.4 Å². The minimum absolute atomic E-state index is 0.208. The van der Waals surface area contributed by atoms with Crippen molar-refractivity contribution in [3.63, 3.8) is 0 Å². The molecule has 3 rings (SSSR count). The standard InChI is InChI=1S/C17H18N4O5/c1-11(22)20(25-4)14-8-6-5-7-13(14)17(21(26-17)12(2)23)16-18-10-9-15(19-16)24-3/h5-10H,1-4H3. The van der Waals surface area contributed by atoms with Crippen molar-refractivity contribution in [1.82, 2.24) is 15.0 Å². The van der Waals surface area contributed by atoms with Crippen LogP contribution in [0.1, 0.15) is 25.2 Å². The van der Waals surface area contributed by atoms with E-state index in [-0.39, 0.29) is 17.6 Å². The Bertz CT molecular complexity index is 859. The summed E-state index contributed by atoms with van der Waals surface area (Å²) >= 11 is 0. The van der Waals surface area contributed by atoms with Crippen LogP contribution in [0.15, 0.2) is 36.5 Å². The largest absolute Gasteiger partial charge is 0.481 e. The van der Waals surface area contributed by atoms with Crippen LogP contribution in [-0.2, 0) is 25.0 Å². The summed E-state index contributed by atoms with van der Waals surface area (Å²) < 4.78 is 5.15. The number of aromatic nitrogens is 2. The van der Waals surface area contributed by atoms with Crippen LogP contribution in [0.3, 0.4) is 0 Å². The quantitative estimate of drug-likeness (QED) is 0.588. The van der Waals surface area contributed by atoms with Crippen molar-refractivity contribution in [3.8, 4) is 5.88 Å². The number of nitrogens with zero attached hydrogens (tertiary/aromatic N) is 4. The first kappa shape index (κ1) is 17.8. The molecular weight excluding hydrogens is 340 g/mol. The molecular formula is C17H18N4O5. The molecule has 0 spiro atoms. The average Bonchev–Trinajstić information content (AvgIpc) is 3.40. The number of ether oxygens (including phenoxy) is 1. The Morgan fingerprint density at radius 1 is 1.19 bits per heavy atom. The average molecular weight is 358 g/mol. The lowest BCUT2D eigenvalue weighted by Crippen LogP contribution is -2.31. The lowest BCUT2D eigenvalue weighted by Gasteiger charge is -2.22. The molecule has 2 aromatic rings. The molecule has 2 amide bonds. The van der Waals surface area contributed by atoms with Crippen LogP contribution in [0.25, 0.3) is 0 Å². The predicted molar refractivity (Wildman–Crippen MR) is 89.6 cm³/mol. The lowest BCUT2D eigenvalue weighted by atomic mass is 10.0. The number of para-hydroxylation sites is 1. The van der Waals surface area contributed by atoms with Gasteiger partial charge in [0, 0.05) is 31.7 Å². The van der Waals surface area contributed by atoms with Gasteiger partial charge in [0.15, 0.2) is 5.82 Å². The molecule has 1 fully saturated rings. The Morgan fingerprint density at radius 3 is 2.50 bits per heavy atom. The highest BCUT2D eigenvalue weighted by Gasteiger charge is 2.64. The topological polar surface area (TPSA) is 97.2 Å². The van der Waals surface area contributed by atoms with Crippen molar-refractivity contribution in [3.05, 3.63) is 47.9 Å². The van der Waals surface area contributed by atoms with Crippen LogP contribution < -0.4 is 9.80 Å². The molecule has 136 valence electrons. The summed E-state index contributed by atoms with van der Waals surface area (Å²) in [5.41, 5.74) is -0.471. The number of carbonyl (C=O) groups excluding carboxylic acids is 2. The molecule has 1 unspecified atom stereocenters. The molecule has 0 saturated carbocycles. The SMILES string of the molecule is COc1ccnc(C2(c3ccccc3N(OC)C(C)=O)ON2C(C)=O)n1. The van der Waals surface area contributed by atoms with Crippen LogP contribution in [0.2, 0.25) is 0 Å². The van der Waals surface area contributed by atoms with Crippen LogP contribution >= 0.6 is 0 Å². The van der Waals surface area contributed by atoms with E-state index in [1.165, 1.54) is 34.3 Å². The van der Waals surface area contributed by atoms with Gasteiger partial charge in [-0.2, -0.15) is 15.1 Å². The number of hydroxylamine groups is 3. The van der Waals surface area contributed by atoms with Gasteiger partial charge in [-0.15, -0.1) is 0 Å². The zero-order chi connectivity index (χ0) is 18.9. The predicted octanol–water partition coefficient (Wildman–Crippen LogP) is 1.39. The molecule has 1 aromatic heterocycles. The van der Waals surface area contributed by atoms with E-state index < -0.39 is 5.72 Å². The van der Waals surface area contributed by atoms with Crippen molar-refractivity contribution >= 4 is 17.5 Å². The first-order valence-corrected chi connectivity index (χ1v) is 7.77. The molecule has 0 aliphatic carbocycles. The van der Waals surface area contributed by atoms with Gasteiger partial charge >= 0.3 is 0 Å². The fraction of sp³-hybridized carbons (Fsp3) is 0.294. The molecule has 2 heterocycles. The Morgan fingerprint density at radius 2 is 1.92 bits per heavy atom. The smallest absolute Gasteiger partial charge is 0.281 e. The molecule has 9 heteroatoms. The normalized spacial score (nSPS) is 18.4. The number of hydrogen-bond donors (Lipinski definition) is 0. The molecule has 0 radical (unpaired) electrons. The first-order chi connectivity index (χ1) is 12.5. The first-order valence-electron chi connectivity index (χ1n) is 7.77. The molecule has 1 saturated heterocycles. The van der Waals surface area contributed by atoms with Gasteiger partial charge in [-0.05, 0) is 6.07 Å². The summed E-state index contributed by atoms with van der Waals surface area (Å²) in [6.07, 6.45) is 1.50. The van der Waals surface area contributed by atoms with Gasteiger partial charge < -0.3 is 4.74 Å². The van der Waals surface area contributed by atoms with E-state index in [9.17, 15) is 9.59 Å². The van der Waals surface area contributed by atoms with E-state index >= 15 is 0 Å². The maximum absolute atomic E-state index is 12.0. The fourth-order valence-corrected chi connectivity index (χ4v) is 2.76. The van der Waals surface area contributed by atoms with Crippen molar-refractivity contribution < 1.29 is 24.0 Å². The second-order valence-corrected chi connectivity index (χ2v) is 5.48. The van der Waals surface area contributed by atoms with Gasteiger partial charge in [-0.1, -0.05) is 18.2 Å². The zero-order valence-corrected chi connectivity index (χ0v) is 14.8. The van der Waals surface area contributed by atoms with Crippen LogP contribution in [0.4, 0.5) is 5.69 Å². The Kier molecular flexibility index (Phi) is 4.58. The van der Waals surface area contributed by atoms with Crippen molar-refractivity contribution in [1.29, 1.82) is 0 Å². The number of rotatable bonds is 5. The third kappa shape index (κ3) is 2.76. The van der Waals surface area contributed by atoms with E-state index in [2.05, 4.69) is 9.97 Å². The third-order valence-corrected chi connectivity index (χ3v) is 3.86. The summed E-state index contributed by atoms with van der Waals surface area (Å²) in [4.78, 5) is 43.4. The Hall–Kier alpha value is -3.04. The van der Waals surface area contributed by atoms with Gasteiger partial charge in [0.25, 0.3) is 5.72 Å². The molecule has 1 aliphatic rings. The highest BCUT2D eigenvalue weighted by Crippen LogP contribution is 2.52. The number of benzene rings is 1. The third-order valence-electron chi connectivity index (χ3n) is 3.86. The second-order valence-electron chi connectivity index (χ2n) is 5.48. The van der Waals surface area contributed by atoms with Crippen LogP contribution in [0, 0.1) is 0 Å². The van der Waals surface area contributed by atoms with Crippen molar-refractivity contribution in [2.45, 2.75) is 19.6 Å². The molecule has 1 aromatic carbocycles. The summed E-state index contributed by atoms with van der Waals surface area (Å²) in [7, 11) is 2.86. The molecule has 0 bridgehead atoms. The van der Waals surface area contributed by atoms with E-state index in [1.807, 2.05) is 0 Å². The molecule has 1 atom stereocenters. The van der Waals surface area contributed by atoms with Crippen LogP contribution in [0.5, 0.6) is 5.88 Å². The van der Waals surface area contributed by atoms with Gasteiger partial charge in [-0.25, -0.2) is 9.82 Å². The molecule has 26 heavy (non-hydrogen) atoms. The minimum atomic E-state index is -1.37. The van der Waals surface area contributed by atoms with Crippen LogP contribution in [-0.4, -0.2) is 41.1 Å². The lowest BCUT2D eigenvalue weighted by molar-refractivity contribution is -0.129. The Balaban J connectivity index is 2.20. The minimum Gasteiger partial charge on any atom is -0.481 e. The number of carbonyl (C=O) groups is 2. The monoisotopic (exact) mass is 358 g/mol. The number of anilines is 1. The Labute approximate surface area is 150 Å². The summed E-state index contributed by atoms with van der Waals surface area (Å²) in [5, 5.41) is 2.26. The highest BCUT2D eigenvalue weighted by atomic mass is 16.9. The maximum atomic E-state index is 12.0. The van der Waals surface area contributed by atoms with E-state index in [0.717, 1.165) is 10.1 Å². The molecule has 1 aliphatic heterocycles. The van der Waals surface area contributed by atoms with E-state index in [1.54, 1.807) is 30.3 Å². The number of hydrogen-bond acceptors (Lipinski definition) is 7. The van der Waals surface area contributed by atoms with Gasteiger partial charge in [0.1, 0.15) is 0 Å². The maximum Gasteiger partial charge on any atom is 0.281 e.